The summed E-state index contributed by atoms with van der Waals surface area (Å²) in [6.07, 6.45) is 2.06. The molecule has 0 saturated carbocycles. The molecule has 2 rings (SSSR count). The lowest BCUT2D eigenvalue weighted by atomic mass is 9.88. The van der Waals surface area contributed by atoms with Gasteiger partial charge in [0.15, 0.2) is 0 Å². The molecule has 1 aliphatic heterocycles. The Morgan fingerprint density at radius 1 is 1.17 bits per heavy atom. The molecule has 0 aliphatic carbocycles. The molecule has 2 atom stereocenters. The van der Waals surface area contributed by atoms with E-state index in [1.807, 2.05) is 13.8 Å². The second-order valence-corrected chi connectivity index (χ2v) is 7.65. The van der Waals surface area contributed by atoms with Crippen molar-refractivity contribution in [3.05, 3.63) is 29.8 Å². The van der Waals surface area contributed by atoms with Crippen LogP contribution in [-0.4, -0.2) is 68.6 Å². The van der Waals surface area contributed by atoms with E-state index in [4.69, 9.17) is 9.47 Å². The highest BCUT2D eigenvalue weighted by Gasteiger charge is 2.34. The zero-order valence-corrected chi connectivity index (χ0v) is 18.3. The first-order valence-electron chi connectivity index (χ1n) is 10.4. The molecule has 2 N–H and O–H groups in total. The number of carbonyl (C=O) groups is 3. The molecular formula is C22H33N3O5. The zero-order valence-electron chi connectivity index (χ0n) is 18.3. The van der Waals surface area contributed by atoms with Gasteiger partial charge >= 0.3 is 0 Å². The average Bonchev–Trinajstić information content (AvgIpc) is 2.77. The normalized spacial score (nSPS) is 16.5. The quantitative estimate of drug-likeness (QED) is 0.634. The van der Waals surface area contributed by atoms with Crippen LogP contribution in [0.3, 0.4) is 0 Å². The molecule has 1 aromatic carbocycles. The molecule has 1 aliphatic rings. The van der Waals surface area contributed by atoms with Crippen molar-refractivity contribution in [1.29, 1.82) is 0 Å². The van der Waals surface area contributed by atoms with Gasteiger partial charge in [-0.3, -0.25) is 14.4 Å². The van der Waals surface area contributed by atoms with Crippen molar-refractivity contribution in [1.82, 2.24) is 15.5 Å². The Morgan fingerprint density at radius 3 is 2.47 bits per heavy atom. The van der Waals surface area contributed by atoms with E-state index in [-0.39, 0.29) is 36.3 Å². The summed E-state index contributed by atoms with van der Waals surface area (Å²) in [5.74, 6) is -0.0567. The number of nitrogens with zero attached hydrogens (tertiary/aromatic N) is 1. The fraction of sp³-hybridized carbons (Fsp3) is 0.591. The Balaban J connectivity index is 2.12. The van der Waals surface area contributed by atoms with Crippen molar-refractivity contribution < 1.29 is 23.9 Å². The highest BCUT2D eigenvalue weighted by Crippen LogP contribution is 2.22. The number of piperidine rings is 1. The molecule has 0 aromatic heterocycles. The number of hydrogen-bond acceptors (Lipinski definition) is 5. The highest BCUT2D eigenvalue weighted by molar-refractivity contribution is 5.98. The van der Waals surface area contributed by atoms with E-state index >= 15 is 0 Å². The second kappa shape index (κ2) is 11.5. The van der Waals surface area contributed by atoms with Crippen LogP contribution in [0.1, 0.15) is 43.5 Å². The molecular weight excluding hydrogens is 386 g/mol. The molecule has 3 amide bonds. The van der Waals surface area contributed by atoms with Gasteiger partial charge in [0.1, 0.15) is 18.4 Å². The fourth-order valence-corrected chi connectivity index (χ4v) is 3.52. The predicted molar refractivity (Wildman–Crippen MR) is 113 cm³/mol. The standard InChI is InChI=1S/C22H33N3O5/c1-5-15(2)23-22(28)20(16-9-11-25(12-10-16)19(26)14-29-3)24-21(27)17-7-6-8-18(13-17)30-4/h6-8,13,15-16,20H,5,9-12,14H2,1-4H3,(H,23,28)(H,24,27)/t15-,20+/m1/s1. The largest absolute Gasteiger partial charge is 0.497 e. The summed E-state index contributed by atoms with van der Waals surface area (Å²) in [7, 11) is 3.03. The van der Waals surface area contributed by atoms with Gasteiger partial charge in [-0.15, -0.1) is 0 Å². The number of likely N-dealkylation sites (tertiary alicyclic amines) is 1. The van der Waals surface area contributed by atoms with Crippen LogP contribution in [0.2, 0.25) is 0 Å². The van der Waals surface area contributed by atoms with Gasteiger partial charge in [-0.05, 0) is 50.3 Å². The van der Waals surface area contributed by atoms with E-state index in [0.29, 0.717) is 37.2 Å². The average molecular weight is 420 g/mol. The molecule has 1 aromatic rings. The SMILES string of the molecule is CC[C@@H](C)NC(=O)[C@@H](NC(=O)c1cccc(OC)c1)C1CCN(C(=O)COC)CC1. The Labute approximate surface area is 178 Å². The van der Waals surface area contributed by atoms with E-state index in [1.165, 1.54) is 14.2 Å². The van der Waals surface area contributed by atoms with Crippen LogP contribution in [0.5, 0.6) is 5.75 Å². The molecule has 0 unspecified atom stereocenters. The summed E-state index contributed by atoms with van der Waals surface area (Å²) in [5.41, 5.74) is 0.434. The molecule has 0 radical (unpaired) electrons. The van der Waals surface area contributed by atoms with Crippen LogP contribution >= 0.6 is 0 Å². The number of rotatable bonds is 9. The molecule has 30 heavy (non-hydrogen) atoms. The molecule has 1 fully saturated rings. The van der Waals surface area contributed by atoms with Crippen molar-refractivity contribution in [2.45, 2.75) is 45.2 Å². The second-order valence-electron chi connectivity index (χ2n) is 7.65. The lowest BCUT2D eigenvalue weighted by Gasteiger charge is -2.36. The predicted octanol–water partition coefficient (Wildman–Crippen LogP) is 1.59. The summed E-state index contributed by atoms with van der Waals surface area (Å²) in [6, 6.07) is 6.17. The van der Waals surface area contributed by atoms with Gasteiger partial charge in [0.25, 0.3) is 5.91 Å². The fourth-order valence-electron chi connectivity index (χ4n) is 3.52. The van der Waals surface area contributed by atoms with Crippen LogP contribution in [0, 0.1) is 5.92 Å². The lowest BCUT2D eigenvalue weighted by Crippen LogP contribution is -2.55. The maximum absolute atomic E-state index is 13.0. The van der Waals surface area contributed by atoms with Gasteiger partial charge in [0, 0.05) is 31.8 Å². The minimum atomic E-state index is -0.669. The Kier molecular flexibility index (Phi) is 9.11. The van der Waals surface area contributed by atoms with E-state index in [0.717, 1.165) is 6.42 Å². The minimum absolute atomic E-state index is 0.0112. The summed E-state index contributed by atoms with van der Waals surface area (Å²) >= 11 is 0. The van der Waals surface area contributed by atoms with Gasteiger partial charge < -0.3 is 25.0 Å². The Bertz CT molecular complexity index is 731. The third-order valence-corrected chi connectivity index (χ3v) is 5.53. The minimum Gasteiger partial charge on any atom is -0.497 e. The van der Waals surface area contributed by atoms with Crippen LogP contribution in [0.15, 0.2) is 24.3 Å². The number of amides is 3. The first kappa shape index (κ1) is 23.7. The van der Waals surface area contributed by atoms with Crippen LogP contribution in [0.25, 0.3) is 0 Å². The lowest BCUT2D eigenvalue weighted by molar-refractivity contribution is -0.136. The monoisotopic (exact) mass is 419 g/mol. The van der Waals surface area contributed by atoms with E-state index in [1.54, 1.807) is 29.2 Å². The number of carbonyl (C=O) groups excluding carboxylic acids is 3. The zero-order chi connectivity index (χ0) is 22.1. The van der Waals surface area contributed by atoms with Crippen molar-refractivity contribution in [3.8, 4) is 5.75 Å². The van der Waals surface area contributed by atoms with Gasteiger partial charge in [0.05, 0.1) is 7.11 Å². The summed E-state index contributed by atoms with van der Waals surface area (Å²) in [6.45, 7) is 5.05. The molecule has 1 heterocycles. The number of methoxy groups -OCH3 is 2. The first-order valence-corrected chi connectivity index (χ1v) is 10.4. The Hall–Kier alpha value is -2.61. The molecule has 8 heteroatoms. The molecule has 1 saturated heterocycles. The summed E-state index contributed by atoms with van der Waals surface area (Å²) in [5, 5.41) is 5.90. The molecule has 0 bridgehead atoms. The first-order chi connectivity index (χ1) is 14.4. The van der Waals surface area contributed by atoms with Crippen molar-refractivity contribution >= 4 is 17.7 Å². The maximum atomic E-state index is 13.0. The highest BCUT2D eigenvalue weighted by atomic mass is 16.5. The van der Waals surface area contributed by atoms with Gasteiger partial charge in [0.2, 0.25) is 11.8 Å². The Morgan fingerprint density at radius 2 is 1.87 bits per heavy atom. The van der Waals surface area contributed by atoms with E-state index in [9.17, 15) is 14.4 Å². The summed E-state index contributed by atoms with van der Waals surface area (Å²) in [4.78, 5) is 39.6. The van der Waals surface area contributed by atoms with Crippen molar-refractivity contribution in [2.75, 3.05) is 33.9 Å². The number of nitrogens with one attached hydrogen (secondary N) is 2. The van der Waals surface area contributed by atoms with E-state index in [2.05, 4.69) is 10.6 Å². The number of ether oxygens (including phenoxy) is 2. The maximum Gasteiger partial charge on any atom is 0.252 e. The van der Waals surface area contributed by atoms with Crippen LogP contribution in [0.4, 0.5) is 0 Å². The number of hydrogen-bond donors (Lipinski definition) is 2. The number of benzene rings is 1. The smallest absolute Gasteiger partial charge is 0.252 e. The third kappa shape index (κ3) is 6.45. The van der Waals surface area contributed by atoms with Gasteiger partial charge in [-0.2, -0.15) is 0 Å². The third-order valence-electron chi connectivity index (χ3n) is 5.53. The van der Waals surface area contributed by atoms with Gasteiger partial charge in [-0.25, -0.2) is 0 Å². The topological polar surface area (TPSA) is 97.0 Å². The summed E-state index contributed by atoms with van der Waals surface area (Å²) < 4.78 is 10.1. The van der Waals surface area contributed by atoms with Crippen LogP contribution in [-0.2, 0) is 14.3 Å². The van der Waals surface area contributed by atoms with Crippen molar-refractivity contribution in [3.63, 3.8) is 0 Å². The van der Waals surface area contributed by atoms with E-state index < -0.39 is 6.04 Å². The molecule has 166 valence electrons. The molecule has 0 spiro atoms. The van der Waals surface area contributed by atoms with Gasteiger partial charge in [-0.1, -0.05) is 13.0 Å². The molecule has 8 nitrogen and oxygen atoms in total. The van der Waals surface area contributed by atoms with Crippen LogP contribution < -0.4 is 15.4 Å². The van der Waals surface area contributed by atoms with Crippen molar-refractivity contribution in [2.24, 2.45) is 5.92 Å².